The molecule has 0 unspecified atom stereocenters. The van der Waals surface area contributed by atoms with Crippen LogP contribution in [0.5, 0.6) is 5.75 Å². The number of hydrogen-bond acceptors (Lipinski definition) is 8. The summed E-state index contributed by atoms with van der Waals surface area (Å²) in [6.45, 7) is 2.05. The zero-order valence-corrected chi connectivity index (χ0v) is 31.3. The molecule has 11 heteroatoms. The lowest BCUT2D eigenvalue weighted by atomic mass is 10.0. The minimum Gasteiger partial charge on any atom is -0.496 e. The van der Waals surface area contributed by atoms with Gasteiger partial charge in [0.1, 0.15) is 11.8 Å². The summed E-state index contributed by atoms with van der Waals surface area (Å²) in [4.78, 5) is 14.7. The van der Waals surface area contributed by atoms with Crippen molar-refractivity contribution in [1.82, 2.24) is 10.0 Å². The molecule has 276 valence electrons. The Morgan fingerprint density at radius 3 is 2.19 bits per heavy atom. The van der Waals surface area contributed by atoms with Crippen LogP contribution in [0.2, 0.25) is 0 Å². The number of amides is 1. The quantitative estimate of drug-likeness (QED) is 0.0975. The van der Waals surface area contributed by atoms with Crippen molar-refractivity contribution in [2.45, 2.75) is 67.2 Å². The number of aryl methyl sites for hydroxylation is 1. The standard InChI is InChI=1S/C42H44N2O7S2/c1-29-12-22-36(23-13-29)53(47,48)44-37(24-30-8-4-3-5-9-30)41(46)43-26-31-14-20-34(21-15-31)42-50-35(28-52-40-11-7-6-10-38(40)49-2)25-39(51-42)33-18-16-32(27-45)17-19-33/h3-23,35,37,39,42,44-45H,24-28H2,1-2H3,(H,43,46)/t35-,37-,39+,42+/m1/s1. The summed E-state index contributed by atoms with van der Waals surface area (Å²) in [6.07, 6.45) is -0.152. The van der Waals surface area contributed by atoms with Crippen LogP contribution in [0.25, 0.3) is 0 Å². The molecule has 1 fully saturated rings. The van der Waals surface area contributed by atoms with Gasteiger partial charge in [-0.05, 0) is 59.9 Å². The number of benzene rings is 5. The molecule has 1 aliphatic rings. The summed E-state index contributed by atoms with van der Waals surface area (Å²) >= 11 is 1.67. The van der Waals surface area contributed by atoms with Gasteiger partial charge in [-0.2, -0.15) is 4.72 Å². The third-order valence-corrected chi connectivity index (χ3v) is 11.7. The summed E-state index contributed by atoms with van der Waals surface area (Å²) in [5, 5.41) is 12.5. The van der Waals surface area contributed by atoms with Crippen LogP contribution < -0.4 is 14.8 Å². The van der Waals surface area contributed by atoms with E-state index in [-0.39, 0.29) is 36.7 Å². The van der Waals surface area contributed by atoms with E-state index in [1.807, 2.05) is 110 Å². The Morgan fingerprint density at radius 1 is 0.830 bits per heavy atom. The molecule has 53 heavy (non-hydrogen) atoms. The third-order valence-electron chi connectivity index (χ3n) is 9.06. The Morgan fingerprint density at radius 2 is 1.49 bits per heavy atom. The molecule has 6 rings (SSSR count). The van der Waals surface area contributed by atoms with E-state index in [0.717, 1.165) is 44.0 Å². The monoisotopic (exact) mass is 752 g/mol. The maximum absolute atomic E-state index is 13.5. The van der Waals surface area contributed by atoms with Crippen molar-refractivity contribution in [3.8, 4) is 5.75 Å². The molecule has 0 bridgehead atoms. The van der Waals surface area contributed by atoms with Gasteiger partial charge in [-0.15, -0.1) is 11.8 Å². The van der Waals surface area contributed by atoms with Gasteiger partial charge in [0.15, 0.2) is 6.29 Å². The molecule has 0 radical (unpaired) electrons. The lowest BCUT2D eigenvalue weighted by molar-refractivity contribution is -0.245. The smallest absolute Gasteiger partial charge is 0.241 e. The second-order valence-corrected chi connectivity index (χ2v) is 15.7. The van der Waals surface area contributed by atoms with E-state index in [1.54, 1.807) is 31.0 Å². The third kappa shape index (κ3) is 10.3. The van der Waals surface area contributed by atoms with Gasteiger partial charge in [-0.1, -0.05) is 109 Å². The molecule has 3 N–H and O–H groups in total. The van der Waals surface area contributed by atoms with Crippen LogP contribution in [0.3, 0.4) is 0 Å². The van der Waals surface area contributed by atoms with Crippen molar-refractivity contribution in [2.75, 3.05) is 12.9 Å². The second-order valence-electron chi connectivity index (χ2n) is 12.9. The number of methoxy groups -OCH3 is 1. The first-order valence-corrected chi connectivity index (χ1v) is 19.9. The maximum Gasteiger partial charge on any atom is 0.241 e. The van der Waals surface area contributed by atoms with Crippen LogP contribution in [0.4, 0.5) is 0 Å². The number of hydrogen-bond donors (Lipinski definition) is 3. The fourth-order valence-electron chi connectivity index (χ4n) is 6.06. The van der Waals surface area contributed by atoms with E-state index in [0.29, 0.717) is 12.2 Å². The molecule has 0 aromatic heterocycles. The van der Waals surface area contributed by atoms with Crippen molar-refractivity contribution in [2.24, 2.45) is 0 Å². The molecule has 1 heterocycles. The van der Waals surface area contributed by atoms with E-state index in [4.69, 9.17) is 14.2 Å². The molecule has 5 aromatic rings. The zero-order valence-electron chi connectivity index (χ0n) is 29.7. The number of aliphatic hydroxyl groups is 1. The predicted octanol–water partition coefficient (Wildman–Crippen LogP) is 7.04. The van der Waals surface area contributed by atoms with Crippen molar-refractivity contribution in [1.29, 1.82) is 0 Å². The number of carbonyl (C=O) groups excluding carboxylic acids is 1. The van der Waals surface area contributed by atoms with E-state index >= 15 is 0 Å². The average Bonchev–Trinajstić information content (AvgIpc) is 3.19. The number of ether oxygens (including phenoxy) is 3. The minimum absolute atomic E-state index is 0.0285. The number of para-hydroxylation sites is 1. The topological polar surface area (TPSA) is 123 Å². The SMILES string of the molecule is COc1ccccc1SC[C@H]1C[C@@H](c2ccc(CO)cc2)O[C@@H](c2ccc(CNC(=O)[C@@H](Cc3ccccc3)NS(=O)(=O)c3ccc(C)cc3)cc2)O1. The number of sulfonamides is 1. The van der Waals surface area contributed by atoms with Gasteiger partial charge in [0, 0.05) is 29.2 Å². The van der Waals surface area contributed by atoms with Gasteiger partial charge in [-0.25, -0.2) is 8.42 Å². The van der Waals surface area contributed by atoms with Crippen LogP contribution in [0.1, 0.15) is 52.2 Å². The van der Waals surface area contributed by atoms with E-state index in [9.17, 15) is 18.3 Å². The summed E-state index contributed by atoms with van der Waals surface area (Å²) in [6, 6.07) is 38.2. The zero-order chi connectivity index (χ0) is 37.2. The van der Waals surface area contributed by atoms with Gasteiger partial charge >= 0.3 is 0 Å². The van der Waals surface area contributed by atoms with Crippen LogP contribution >= 0.6 is 11.8 Å². The first-order valence-electron chi connectivity index (χ1n) is 17.5. The summed E-state index contributed by atoms with van der Waals surface area (Å²) in [5.74, 6) is 1.07. The van der Waals surface area contributed by atoms with Gasteiger partial charge in [0.2, 0.25) is 15.9 Å². The van der Waals surface area contributed by atoms with Crippen molar-refractivity contribution in [3.05, 3.63) is 161 Å². The Kier molecular flexibility index (Phi) is 13.0. The predicted molar refractivity (Wildman–Crippen MR) is 206 cm³/mol. The molecular weight excluding hydrogens is 709 g/mol. The average molecular weight is 753 g/mol. The number of carbonyl (C=O) groups is 1. The highest BCUT2D eigenvalue weighted by molar-refractivity contribution is 7.99. The number of nitrogens with one attached hydrogen (secondary N) is 2. The Bertz CT molecular complexity index is 2040. The van der Waals surface area contributed by atoms with Crippen LogP contribution in [-0.2, 0) is 43.9 Å². The highest BCUT2D eigenvalue weighted by Gasteiger charge is 2.32. The lowest BCUT2D eigenvalue weighted by Gasteiger charge is -2.36. The van der Waals surface area contributed by atoms with Gasteiger partial charge in [0.25, 0.3) is 0 Å². The molecule has 1 saturated heterocycles. The Balaban J connectivity index is 1.14. The highest BCUT2D eigenvalue weighted by Crippen LogP contribution is 2.40. The molecular formula is C42H44N2O7S2. The second kappa shape index (κ2) is 18.0. The fraction of sp³-hybridized carbons (Fsp3) is 0.262. The van der Waals surface area contributed by atoms with Crippen molar-refractivity contribution in [3.63, 3.8) is 0 Å². The van der Waals surface area contributed by atoms with Crippen LogP contribution in [0, 0.1) is 6.92 Å². The highest BCUT2D eigenvalue weighted by atomic mass is 32.2. The number of rotatable bonds is 15. The molecule has 5 aromatic carbocycles. The van der Waals surface area contributed by atoms with Crippen LogP contribution in [0.15, 0.2) is 137 Å². The van der Waals surface area contributed by atoms with E-state index in [2.05, 4.69) is 10.0 Å². The van der Waals surface area contributed by atoms with Gasteiger partial charge in [-0.3, -0.25) is 4.79 Å². The summed E-state index contributed by atoms with van der Waals surface area (Å²) < 4.78 is 47.8. The molecule has 0 saturated carbocycles. The van der Waals surface area contributed by atoms with Gasteiger partial charge in [0.05, 0.1) is 30.8 Å². The largest absolute Gasteiger partial charge is 0.496 e. The molecule has 9 nitrogen and oxygen atoms in total. The minimum atomic E-state index is -3.96. The first-order chi connectivity index (χ1) is 25.7. The molecule has 4 atom stereocenters. The lowest BCUT2D eigenvalue weighted by Crippen LogP contribution is -2.47. The van der Waals surface area contributed by atoms with E-state index < -0.39 is 28.3 Å². The normalized spacial score (nSPS) is 17.9. The Labute approximate surface area is 315 Å². The summed E-state index contributed by atoms with van der Waals surface area (Å²) in [7, 11) is -2.29. The molecule has 0 aliphatic carbocycles. The van der Waals surface area contributed by atoms with Crippen molar-refractivity contribution < 1.29 is 32.5 Å². The number of thioether (sulfide) groups is 1. The maximum atomic E-state index is 13.5. The summed E-state index contributed by atoms with van der Waals surface area (Å²) in [5.41, 5.74) is 5.27. The Hall–Kier alpha value is -4.49. The molecule has 1 aliphatic heterocycles. The molecule has 1 amide bonds. The van der Waals surface area contributed by atoms with Crippen LogP contribution in [-0.4, -0.2) is 44.4 Å². The van der Waals surface area contributed by atoms with Crippen molar-refractivity contribution >= 4 is 27.7 Å². The first kappa shape index (κ1) is 38.2. The van der Waals surface area contributed by atoms with Gasteiger partial charge < -0.3 is 24.6 Å². The van der Waals surface area contributed by atoms with E-state index in [1.165, 1.54) is 12.1 Å². The fourth-order valence-corrected chi connectivity index (χ4v) is 8.30. The molecule has 0 spiro atoms. The number of aliphatic hydroxyl groups excluding tert-OH is 1.